The van der Waals surface area contributed by atoms with Crippen molar-refractivity contribution in [3.8, 4) is 5.75 Å². The van der Waals surface area contributed by atoms with Gasteiger partial charge in [-0.2, -0.15) is 4.98 Å². The lowest BCUT2D eigenvalue weighted by atomic mass is 10.1. The van der Waals surface area contributed by atoms with Crippen molar-refractivity contribution in [1.29, 1.82) is 0 Å². The van der Waals surface area contributed by atoms with Crippen LogP contribution in [0.5, 0.6) is 5.75 Å². The summed E-state index contributed by atoms with van der Waals surface area (Å²) in [4.78, 5) is 18.5. The summed E-state index contributed by atoms with van der Waals surface area (Å²) in [7, 11) is 0. The smallest absolute Gasteiger partial charge is 0.347 e. The first kappa shape index (κ1) is 12.7. The SMILES string of the molecule is O=c1nc(Nc2ccc(O)cc2)c2c([nH]1)CCNCC2. The molecule has 2 heterocycles. The topological polar surface area (TPSA) is 90.0 Å². The van der Waals surface area contributed by atoms with E-state index >= 15 is 0 Å². The van der Waals surface area contributed by atoms with Gasteiger partial charge in [0.2, 0.25) is 0 Å². The van der Waals surface area contributed by atoms with Gasteiger partial charge in [0.25, 0.3) is 0 Å². The van der Waals surface area contributed by atoms with Gasteiger partial charge in [-0.05, 0) is 37.2 Å². The van der Waals surface area contributed by atoms with Crippen LogP contribution in [0.4, 0.5) is 11.5 Å². The summed E-state index contributed by atoms with van der Waals surface area (Å²) in [5.74, 6) is 0.801. The fraction of sp³-hybridized carbons (Fsp3) is 0.286. The molecule has 0 fully saturated rings. The minimum Gasteiger partial charge on any atom is -0.508 e. The van der Waals surface area contributed by atoms with E-state index in [0.717, 1.165) is 42.9 Å². The van der Waals surface area contributed by atoms with Crippen molar-refractivity contribution in [3.63, 3.8) is 0 Å². The van der Waals surface area contributed by atoms with E-state index in [2.05, 4.69) is 20.6 Å². The van der Waals surface area contributed by atoms with Crippen LogP contribution in [0.3, 0.4) is 0 Å². The van der Waals surface area contributed by atoms with Gasteiger partial charge in [-0.1, -0.05) is 0 Å². The predicted octanol–water partition coefficient (Wildman–Crippen LogP) is 0.907. The summed E-state index contributed by atoms with van der Waals surface area (Å²) >= 11 is 0. The average molecular weight is 272 g/mol. The van der Waals surface area contributed by atoms with Gasteiger partial charge in [0.05, 0.1) is 0 Å². The first-order valence-electron chi connectivity index (χ1n) is 6.61. The molecule has 1 aliphatic heterocycles. The molecule has 0 unspecified atom stereocenters. The number of H-pyrrole nitrogens is 1. The van der Waals surface area contributed by atoms with Crippen LogP contribution in [0.1, 0.15) is 11.3 Å². The summed E-state index contributed by atoms with van der Waals surface area (Å²) in [6, 6.07) is 6.69. The van der Waals surface area contributed by atoms with E-state index in [0.29, 0.717) is 5.82 Å². The van der Waals surface area contributed by atoms with Crippen LogP contribution in [0, 0.1) is 0 Å². The van der Waals surface area contributed by atoms with Gasteiger partial charge in [0.1, 0.15) is 11.6 Å². The molecule has 1 aromatic carbocycles. The van der Waals surface area contributed by atoms with Crippen molar-refractivity contribution in [1.82, 2.24) is 15.3 Å². The fourth-order valence-electron chi connectivity index (χ4n) is 2.36. The van der Waals surface area contributed by atoms with E-state index in [1.165, 1.54) is 0 Å². The minimum atomic E-state index is -0.341. The van der Waals surface area contributed by atoms with Gasteiger partial charge in [-0.25, -0.2) is 4.79 Å². The molecule has 6 heteroatoms. The third kappa shape index (κ3) is 2.65. The molecule has 0 amide bonds. The van der Waals surface area contributed by atoms with Crippen molar-refractivity contribution >= 4 is 11.5 Å². The number of aromatic hydroxyl groups is 1. The largest absolute Gasteiger partial charge is 0.508 e. The Morgan fingerprint density at radius 2 is 1.90 bits per heavy atom. The zero-order valence-corrected chi connectivity index (χ0v) is 10.9. The number of benzene rings is 1. The van der Waals surface area contributed by atoms with Gasteiger partial charge >= 0.3 is 5.69 Å². The Morgan fingerprint density at radius 3 is 2.70 bits per heavy atom. The molecule has 4 N–H and O–H groups in total. The molecule has 0 spiro atoms. The second-order valence-corrected chi connectivity index (χ2v) is 4.77. The summed E-state index contributed by atoms with van der Waals surface area (Å²) in [5.41, 5.74) is 2.44. The number of aromatic amines is 1. The Hall–Kier alpha value is -2.34. The maximum Gasteiger partial charge on any atom is 0.347 e. The zero-order valence-electron chi connectivity index (χ0n) is 10.9. The molecular weight excluding hydrogens is 256 g/mol. The summed E-state index contributed by atoms with van der Waals surface area (Å²) in [6.45, 7) is 1.72. The lowest BCUT2D eigenvalue weighted by Crippen LogP contribution is -2.18. The van der Waals surface area contributed by atoms with E-state index in [9.17, 15) is 9.90 Å². The van der Waals surface area contributed by atoms with Crippen molar-refractivity contribution in [3.05, 3.63) is 46.0 Å². The van der Waals surface area contributed by atoms with E-state index in [1.54, 1.807) is 24.3 Å². The second-order valence-electron chi connectivity index (χ2n) is 4.77. The third-order valence-electron chi connectivity index (χ3n) is 3.35. The maximum atomic E-state index is 11.7. The Bertz CT molecular complexity index is 664. The molecule has 0 radical (unpaired) electrons. The molecule has 104 valence electrons. The predicted molar refractivity (Wildman–Crippen MR) is 76.5 cm³/mol. The normalized spacial score (nSPS) is 14.4. The zero-order chi connectivity index (χ0) is 13.9. The number of anilines is 2. The van der Waals surface area contributed by atoms with Crippen molar-refractivity contribution in [2.75, 3.05) is 18.4 Å². The number of aromatic nitrogens is 2. The molecule has 20 heavy (non-hydrogen) atoms. The number of nitrogens with zero attached hydrogens (tertiary/aromatic N) is 1. The Labute approximate surface area is 115 Å². The number of phenols is 1. The van der Waals surface area contributed by atoms with Crippen molar-refractivity contribution < 1.29 is 5.11 Å². The standard InChI is InChI=1S/C14H16N4O2/c19-10-3-1-9(2-4-10)16-13-11-5-7-15-8-6-12(11)17-14(20)18-13/h1-4,15,19H,5-8H2,(H2,16,17,18,20). The van der Waals surface area contributed by atoms with Crippen molar-refractivity contribution in [2.24, 2.45) is 0 Å². The van der Waals surface area contributed by atoms with Gasteiger partial charge in [0, 0.05) is 29.9 Å². The van der Waals surface area contributed by atoms with Gasteiger partial charge in [-0.3, -0.25) is 0 Å². The average Bonchev–Trinajstić information content (AvgIpc) is 2.66. The second kappa shape index (κ2) is 5.34. The number of phenolic OH excluding ortho intramolecular Hbond substituents is 1. The molecule has 2 aromatic rings. The third-order valence-corrected chi connectivity index (χ3v) is 3.35. The number of hydrogen-bond donors (Lipinski definition) is 4. The molecule has 1 aromatic heterocycles. The molecule has 0 aliphatic carbocycles. The molecule has 0 atom stereocenters. The van der Waals surface area contributed by atoms with E-state index < -0.39 is 0 Å². The molecule has 0 saturated carbocycles. The summed E-state index contributed by atoms with van der Waals surface area (Å²) in [5, 5.41) is 15.7. The lowest BCUT2D eigenvalue weighted by molar-refractivity contribution is 0.475. The first-order chi connectivity index (χ1) is 9.72. The quantitative estimate of drug-likeness (QED) is 0.610. The number of nitrogens with one attached hydrogen (secondary N) is 3. The Balaban J connectivity index is 1.98. The molecule has 3 rings (SSSR count). The highest BCUT2D eigenvalue weighted by molar-refractivity contribution is 5.60. The van der Waals surface area contributed by atoms with Crippen LogP contribution in [-0.4, -0.2) is 28.2 Å². The number of hydrogen-bond acceptors (Lipinski definition) is 5. The van der Waals surface area contributed by atoms with Crippen LogP contribution in [0.25, 0.3) is 0 Å². The Kier molecular flexibility index (Phi) is 3.39. The monoisotopic (exact) mass is 272 g/mol. The Morgan fingerprint density at radius 1 is 1.15 bits per heavy atom. The first-order valence-corrected chi connectivity index (χ1v) is 6.61. The summed E-state index contributed by atoms with van der Waals surface area (Å²) in [6.07, 6.45) is 1.61. The van der Waals surface area contributed by atoms with E-state index in [1.807, 2.05) is 0 Å². The van der Waals surface area contributed by atoms with E-state index in [-0.39, 0.29) is 11.4 Å². The van der Waals surface area contributed by atoms with Crippen LogP contribution in [0.15, 0.2) is 29.1 Å². The molecule has 0 saturated heterocycles. The lowest BCUT2D eigenvalue weighted by Gasteiger charge is -2.12. The molecule has 6 nitrogen and oxygen atoms in total. The van der Waals surface area contributed by atoms with E-state index in [4.69, 9.17) is 0 Å². The van der Waals surface area contributed by atoms with Crippen LogP contribution in [-0.2, 0) is 12.8 Å². The summed E-state index contributed by atoms with van der Waals surface area (Å²) < 4.78 is 0. The van der Waals surface area contributed by atoms with Crippen LogP contribution >= 0.6 is 0 Å². The number of rotatable bonds is 2. The highest BCUT2D eigenvalue weighted by Crippen LogP contribution is 2.22. The fourth-order valence-corrected chi connectivity index (χ4v) is 2.36. The number of fused-ring (bicyclic) bond motifs is 1. The highest BCUT2D eigenvalue weighted by Gasteiger charge is 2.14. The molecule has 1 aliphatic rings. The van der Waals surface area contributed by atoms with Crippen molar-refractivity contribution in [2.45, 2.75) is 12.8 Å². The van der Waals surface area contributed by atoms with Crippen LogP contribution in [0.2, 0.25) is 0 Å². The van der Waals surface area contributed by atoms with Crippen LogP contribution < -0.4 is 16.3 Å². The maximum absolute atomic E-state index is 11.7. The minimum absolute atomic E-state index is 0.206. The van der Waals surface area contributed by atoms with Gasteiger partial charge in [-0.15, -0.1) is 0 Å². The van der Waals surface area contributed by atoms with Gasteiger partial charge in [0.15, 0.2) is 0 Å². The van der Waals surface area contributed by atoms with Gasteiger partial charge < -0.3 is 20.7 Å². The highest BCUT2D eigenvalue weighted by atomic mass is 16.3. The molecular formula is C14H16N4O2. The molecule has 0 bridgehead atoms.